The van der Waals surface area contributed by atoms with Crippen LogP contribution in [0.15, 0.2) is 24.3 Å². The highest BCUT2D eigenvalue weighted by atomic mass is 16.6. The minimum atomic E-state index is -0.574. The average molecular weight is 209 g/mol. The van der Waals surface area contributed by atoms with Crippen molar-refractivity contribution < 1.29 is 14.3 Å². The van der Waals surface area contributed by atoms with Crippen molar-refractivity contribution in [2.45, 2.75) is 19.6 Å². The van der Waals surface area contributed by atoms with Gasteiger partial charge in [0.15, 0.2) is 6.10 Å². The lowest BCUT2D eigenvalue weighted by Gasteiger charge is -2.11. The van der Waals surface area contributed by atoms with E-state index in [1.165, 1.54) is 7.11 Å². The quantitative estimate of drug-likeness (QED) is 0.600. The molecule has 0 unspecified atom stereocenters. The predicted octanol–water partition coefficient (Wildman–Crippen LogP) is 1.35. The molecule has 0 aliphatic rings. The number of carbonyl (C=O) groups is 1. The molecule has 0 saturated heterocycles. The first-order chi connectivity index (χ1) is 7.15. The summed E-state index contributed by atoms with van der Waals surface area (Å²) in [4.78, 5) is 11.0. The number of para-hydroxylation sites is 1. The third-order valence-electron chi connectivity index (χ3n) is 2.08. The monoisotopic (exact) mass is 209 g/mol. The van der Waals surface area contributed by atoms with Crippen LogP contribution in [0.1, 0.15) is 12.5 Å². The Bertz CT molecular complexity index is 338. The zero-order valence-corrected chi connectivity index (χ0v) is 8.90. The number of anilines is 1. The maximum atomic E-state index is 11.0. The summed E-state index contributed by atoms with van der Waals surface area (Å²) in [6.45, 7) is 1.95. The van der Waals surface area contributed by atoms with E-state index < -0.39 is 6.10 Å². The second kappa shape index (κ2) is 5.36. The zero-order chi connectivity index (χ0) is 11.3. The molecule has 0 radical (unpaired) electrons. The van der Waals surface area contributed by atoms with Crippen LogP contribution in [0, 0.1) is 0 Å². The van der Waals surface area contributed by atoms with Crippen LogP contribution in [0.3, 0.4) is 0 Å². The van der Waals surface area contributed by atoms with E-state index in [0.717, 1.165) is 5.56 Å². The third-order valence-corrected chi connectivity index (χ3v) is 2.08. The van der Waals surface area contributed by atoms with Gasteiger partial charge in [0, 0.05) is 11.3 Å². The summed E-state index contributed by atoms with van der Waals surface area (Å²) < 4.78 is 9.84. The van der Waals surface area contributed by atoms with Gasteiger partial charge in [-0.1, -0.05) is 18.2 Å². The number of ether oxygens (including phenoxy) is 2. The van der Waals surface area contributed by atoms with E-state index >= 15 is 0 Å². The molecule has 1 rings (SSSR count). The molecule has 82 valence electrons. The normalized spacial score (nSPS) is 12.1. The largest absolute Gasteiger partial charge is 0.467 e. The zero-order valence-electron chi connectivity index (χ0n) is 8.90. The van der Waals surface area contributed by atoms with Gasteiger partial charge in [0.25, 0.3) is 0 Å². The van der Waals surface area contributed by atoms with E-state index in [9.17, 15) is 4.79 Å². The number of hydrogen-bond acceptors (Lipinski definition) is 4. The third kappa shape index (κ3) is 3.25. The molecule has 0 amide bonds. The van der Waals surface area contributed by atoms with E-state index in [0.29, 0.717) is 12.3 Å². The summed E-state index contributed by atoms with van der Waals surface area (Å²) in [6, 6.07) is 7.38. The summed E-state index contributed by atoms with van der Waals surface area (Å²) in [6.07, 6.45) is -0.574. The van der Waals surface area contributed by atoms with Gasteiger partial charge in [-0.25, -0.2) is 4.79 Å². The second-order valence-corrected chi connectivity index (χ2v) is 3.18. The molecule has 0 saturated carbocycles. The SMILES string of the molecule is COC(=O)[C@@H](C)OCc1ccccc1N. The van der Waals surface area contributed by atoms with Crippen LogP contribution in [-0.2, 0) is 20.9 Å². The summed E-state index contributed by atoms with van der Waals surface area (Å²) in [5.74, 6) is -0.385. The lowest BCUT2D eigenvalue weighted by molar-refractivity contribution is -0.153. The Morgan fingerprint density at radius 3 is 2.73 bits per heavy atom. The molecular formula is C11H15NO3. The number of hydrogen-bond donors (Lipinski definition) is 1. The molecule has 2 N–H and O–H groups in total. The van der Waals surface area contributed by atoms with E-state index in [1.54, 1.807) is 13.0 Å². The fraction of sp³-hybridized carbons (Fsp3) is 0.364. The Hall–Kier alpha value is -1.55. The van der Waals surface area contributed by atoms with E-state index in [2.05, 4.69) is 4.74 Å². The highest BCUT2D eigenvalue weighted by molar-refractivity contribution is 5.73. The number of esters is 1. The van der Waals surface area contributed by atoms with Crippen LogP contribution in [0.4, 0.5) is 5.69 Å². The second-order valence-electron chi connectivity index (χ2n) is 3.18. The minimum absolute atomic E-state index is 0.308. The van der Waals surface area contributed by atoms with Crippen LogP contribution >= 0.6 is 0 Å². The van der Waals surface area contributed by atoms with Gasteiger partial charge in [0.05, 0.1) is 13.7 Å². The van der Waals surface area contributed by atoms with Gasteiger partial charge in [0.2, 0.25) is 0 Å². The first kappa shape index (κ1) is 11.5. The van der Waals surface area contributed by atoms with Crippen LogP contribution in [0.2, 0.25) is 0 Å². The van der Waals surface area contributed by atoms with Gasteiger partial charge < -0.3 is 15.2 Å². The van der Waals surface area contributed by atoms with Gasteiger partial charge in [-0.2, -0.15) is 0 Å². The molecule has 0 aliphatic carbocycles. The summed E-state index contributed by atoms with van der Waals surface area (Å²) in [5.41, 5.74) is 7.25. The molecule has 0 bridgehead atoms. The molecule has 0 fully saturated rings. The first-order valence-electron chi connectivity index (χ1n) is 4.68. The summed E-state index contributed by atoms with van der Waals surface area (Å²) >= 11 is 0. The molecular weight excluding hydrogens is 194 g/mol. The van der Waals surface area contributed by atoms with E-state index in [-0.39, 0.29) is 5.97 Å². The molecule has 1 aromatic carbocycles. The van der Waals surface area contributed by atoms with E-state index in [4.69, 9.17) is 10.5 Å². The Kier molecular flexibility index (Phi) is 4.12. The van der Waals surface area contributed by atoms with Crippen LogP contribution in [-0.4, -0.2) is 19.2 Å². The highest BCUT2D eigenvalue weighted by Crippen LogP contribution is 2.12. The van der Waals surface area contributed by atoms with Gasteiger partial charge in [-0.15, -0.1) is 0 Å². The smallest absolute Gasteiger partial charge is 0.334 e. The summed E-state index contributed by atoms with van der Waals surface area (Å²) in [7, 11) is 1.33. The maximum absolute atomic E-state index is 11.0. The average Bonchev–Trinajstić information content (AvgIpc) is 2.26. The van der Waals surface area contributed by atoms with Gasteiger partial charge in [-0.3, -0.25) is 0 Å². The van der Waals surface area contributed by atoms with Crippen molar-refractivity contribution in [3.63, 3.8) is 0 Å². The van der Waals surface area contributed by atoms with Crippen LogP contribution < -0.4 is 5.73 Å². The molecule has 15 heavy (non-hydrogen) atoms. The molecule has 4 nitrogen and oxygen atoms in total. The topological polar surface area (TPSA) is 61.5 Å². The van der Waals surface area contributed by atoms with Crippen LogP contribution in [0.25, 0.3) is 0 Å². The van der Waals surface area contributed by atoms with Gasteiger partial charge in [-0.05, 0) is 13.0 Å². The van der Waals surface area contributed by atoms with E-state index in [1.807, 2.05) is 18.2 Å². The Balaban J connectivity index is 2.50. The minimum Gasteiger partial charge on any atom is -0.467 e. The van der Waals surface area contributed by atoms with Crippen molar-refractivity contribution in [2.75, 3.05) is 12.8 Å². The van der Waals surface area contributed by atoms with Gasteiger partial charge >= 0.3 is 5.97 Å². The Labute approximate surface area is 89.0 Å². The molecule has 4 heteroatoms. The molecule has 0 aromatic heterocycles. The van der Waals surface area contributed by atoms with Crippen molar-refractivity contribution in [1.29, 1.82) is 0 Å². The molecule has 0 aliphatic heterocycles. The molecule has 0 spiro atoms. The number of carbonyl (C=O) groups excluding carboxylic acids is 1. The maximum Gasteiger partial charge on any atom is 0.334 e. The van der Waals surface area contributed by atoms with Crippen molar-refractivity contribution in [2.24, 2.45) is 0 Å². The summed E-state index contributed by atoms with van der Waals surface area (Å²) in [5, 5.41) is 0. The number of rotatable bonds is 4. The van der Waals surface area contributed by atoms with Crippen molar-refractivity contribution in [1.82, 2.24) is 0 Å². The molecule has 0 heterocycles. The number of methoxy groups -OCH3 is 1. The van der Waals surface area contributed by atoms with Gasteiger partial charge in [0.1, 0.15) is 0 Å². The Morgan fingerprint density at radius 2 is 2.13 bits per heavy atom. The molecule has 1 atom stereocenters. The Morgan fingerprint density at radius 1 is 1.47 bits per heavy atom. The van der Waals surface area contributed by atoms with Crippen LogP contribution in [0.5, 0.6) is 0 Å². The fourth-order valence-electron chi connectivity index (χ4n) is 1.11. The number of nitrogens with two attached hydrogens (primary N) is 1. The predicted molar refractivity (Wildman–Crippen MR) is 57.1 cm³/mol. The lowest BCUT2D eigenvalue weighted by atomic mass is 10.2. The van der Waals surface area contributed by atoms with Crippen molar-refractivity contribution in [3.8, 4) is 0 Å². The molecule has 1 aromatic rings. The fourth-order valence-corrected chi connectivity index (χ4v) is 1.11. The number of nitrogen functional groups attached to an aromatic ring is 1. The first-order valence-corrected chi connectivity index (χ1v) is 4.68. The highest BCUT2D eigenvalue weighted by Gasteiger charge is 2.13. The number of benzene rings is 1. The van der Waals surface area contributed by atoms with Crippen molar-refractivity contribution >= 4 is 11.7 Å². The van der Waals surface area contributed by atoms with Crippen molar-refractivity contribution in [3.05, 3.63) is 29.8 Å². The standard InChI is InChI=1S/C11H15NO3/c1-8(11(13)14-2)15-7-9-5-3-4-6-10(9)12/h3-6,8H,7,12H2,1-2H3/t8-/m1/s1. The lowest BCUT2D eigenvalue weighted by Crippen LogP contribution is -2.22.